The molecule has 0 aliphatic carbocycles. The molecule has 0 saturated heterocycles. The first kappa shape index (κ1) is 28.3. The van der Waals surface area contributed by atoms with Gasteiger partial charge in [0, 0.05) is 42.0 Å². The van der Waals surface area contributed by atoms with Crippen molar-refractivity contribution in [3.63, 3.8) is 0 Å². The van der Waals surface area contributed by atoms with Crippen molar-refractivity contribution in [1.29, 1.82) is 10.5 Å². The van der Waals surface area contributed by atoms with Gasteiger partial charge in [-0.2, -0.15) is 14.9 Å². The number of nitriles is 2. The van der Waals surface area contributed by atoms with Crippen LogP contribution in [0.15, 0.2) is 36.7 Å². The summed E-state index contributed by atoms with van der Waals surface area (Å²) in [5.41, 5.74) is 3.06. The minimum absolute atomic E-state index is 0.102. The summed E-state index contributed by atoms with van der Waals surface area (Å²) in [4.78, 5) is 8.27. The quantitative estimate of drug-likeness (QED) is 0.268. The summed E-state index contributed by atoms with van der Waals surface area (Å²) < 4.78 is 42.2. The van der Waals surface area contributed by atoms with E-state index in [-0.39, 0.29) is 16.7 Å². The van der Waals surface area contributed by atoms with Gasteiger partial charge in [0.05, 0.1) is 34.6 Å². The molecule has 0 amide bonds. The summed E-state index contributed by atoms with van der Waals surface area (Å²) in [7, 11) is 0. The van der Waals surface area contributed by atoms with Gasteiger partial charge < -0.3 is 10.6 Å². The summed E-state index contributed by atoms with van der Waals surface area (Å²) in [6.45, 7) is 8.43. The first-order chi connectivity index (χ1) is 18.8. The van der Waals surface area contributed by atoms with E-state index >= 15 is 0 Å². The van der Waals surface area contributed by atoms with Crippen LogP contribution in [-0.4, -0.2) is 37.4 Å². The minimum Gasteiger partial charge on any atom is -0.383 e. The van der Waals surface area contributed by atoms with E-state index in [2.05, 4.69) is 43.1 Å². The Balaban J connectivity index is 1.86. The molecule has 3 aromatic heterocycles. The normalized spacial score (nSPS) is 12.6. The third-order valence-corrected chi connectivity index (χ3v) is 6.01. The molecule has 1 aromatic carbocycles. The van der Waals surface area contributed by atoms with Gasteiger partial charge in [-0.25, -0.2) is 18.4 Å². The van der Waals surface area contributed by atoms with Crippen molar-refractivity contribution in [2.75, 3.05) is 17.2 Å². The maximum absolute atomic E-state index is 13.9. The van der Waals surface area contributed by atoms with E-state index < -0.39 is 24.5 Å². The molecule has 0 bridgehead atoms. The Hall–Kier alpha value is -4.71. The van der Waals surface area contributed by atoms with E-state index in [0.717, 1.165) is 11.6 Å². The topological polar surface area (TPSA) is 128 Å². The lowest BCUT2D eigenvalue weighted by Crippen LogP contribution is -2.20. The standard InChI is InChI=1S/C28H28F3N9/c1-16-20(6-7-23(29)36-16)26(22-13-40(39-38-22)15-28(5,30)31)37-19-8-17(10-32)24-21(9-19)25(18(11-33)12-34-24)35-14-27(2,3)4/h6-9,12-13,26,37H,14-15H2,1-5H3,(H,34,35). The number of pyridine rings is 2. The molecule has 3 heterocycles. The SMILES string of the molecule is Cc1nc(F)ccc1C(Nc1cc(C#N)c2ncc(C#N)c(NCC(C)(C)C)c2c1)c1cn(CC(C)(F)F)nn1. The number of halogens is 3. The van der Waals surface area contributed by atoms with Gasteiger partial charge >= 0.3 is 0 Å². The molecule has 0 radical (unpaired) electrons. The largest absolute Gasteiger partial charge is 0.383 e. The van der Waals surface area contributed by atoms with Crippen molar-refractivity contribution in [3.8, 4) is 12.1 Å². The third kappa shape index (κ3) is 6.46. The number of aryl methyl sites for hydroxylation is 1. The lowest BCUT2D eigenvalue weighted by molar-refractivity contribution is 0.0000883. The van der Waals surface area contributed by atoms with Gasteiger partial charge in [-0.15, -0.1) is 5.10 Å². The van der Waals surface area contributed by atoms with E-state index in [0.29, 0.717) is 45.6 Å². The number of hydrogen-bond acceptors (Lipinski definition) is 8. The molecule has 40 heavy (non-hydrogen) atoms. The van der Waals surface area contributed by atoms with Crippen molar-refractivity contribution < 1.29 is 13.2 Å². The second-order valence-electron chi connectivity index (χ2n) is 10.9. The van der Waals surface area contributed by atoms with Crippen LogP contribution in [0.25, 0.3) is 10.9 Å². The van der Waals surface area contributed by atoms with Gasteiger partial charge in [0.1, 0.15) is 24.4 Å². The van der Waals surface area contributed by atoms with Crippen molar-refractivity contribution in [3.05, 3.63) is 70.7 Å². The molecular formula is C28H28F3N9. The fourth-order valence-electron chi connectivity index (χ4n) is 4.23. The van der Waals surface area contributed by atoms with Gasteiger partial charge in [0.15, 0.2) is 0 Å². The lowest BCUT2D eigenvalue weighted by Gasteiger charge is -2.23. The highest BCUT2D eigenvalue weighted by Gasteiger charge is 2.26. The molecule has 1 atom stereocenters. The Morgan fingerprint density at radius 2 is 1.80 bits per heavy atom. The third-order valence-electron chi connectivity index (χ3n) is 6.01. The minimum atomic E-state index is -3.01. The molecule has 1 unspecified atom stereocenters. The molecule has 9 nitrogen and oxygen atoms in total. The molecule has 0 aliphatic rings. The van der Waals surface area contributed by atoms with Crippen LogP contribution in [0, 0.1) is 40.9 Å². The molecule has 4 rings (SSSR count). The molecule has 0 saturated carbocycles. The summed E-state index contributed by atoms with van der Waals surface area (Å²) in [6.07, 6.45) is 2.81. The molecule has 0 aliphatic heterocycles. The Bertz CT molecular complexity index is 1640. The zero-order valence-electron chi connectivity index (χ0n) is 22.7. The number of anilines is 2. The van der Waals surface area contributed by atoms with Gasteiger partial charge in [0.25, 0.3) is 5.92 Å². The predicted octanol–water partition coefficient (Wildman–Crippen LogP) is 5.73. The second-order valence-corrected chi connectivity index (χ2v) is 10.9. The first-order valence-corrected chi connectivity index (χ1v) is 12.5. The van der Waals surface area contributed by atoms with Crippen molar-refractivity contribution >= 4 is 22.3 Å². The van der Waals surface area contributed by atoms with Gasteiger partial charge in [-0.3, -0.25) is 4.98 Å². The number of fused-ring (bicyclic) bond motifs is 1. The highest BCUT2D eigenvalue weighted by Crippen LogP contribution is 2.34. The average Bonchev–Trinajstić information content (AvgIpc) is 3.31. The number of hydrogen-bond donors (Lipinski definition) is 2. The molecule has 206 valence electrons. The van der Waals surface area contributed by atoms with E-state index in [1.807, 2.05) is 20.8 Å². The van der Waals surface area contributed by atoms with Crippen LogP contribution in [0.2, 0.25) is 0 Å². The van der Waals surface area contributed by atoms with E-state index in [9.17, 15) is 23.7 Å². The number of benzene rings is 1. The summed E-state index contributed by atoms with van der Waals surface area (Å²) in [5.74, 6) is -3.68. The maximum Gasteiger partial charge on any atom is 0.264 e. The fourth-order valence-corrected chi connectivity index (χ4v) is 4.23. The average molecular weight is 548 g/mol. The smallest absolute Gasteiger partial charge is 0.264 e. The van der Waals surface area contributed by atoms with Crippen LogP contribution in [-0.2, 0) is 6.54 Å². The zero-order chi connectivity index (χ0) is 29.2. The van der Waals surface area contributed by atoms with Gasteiger partial charge in [-0.1, -0.05) is 32.1 Å². The van der Waals surface area contributed by atoms with Crippen LogP contribution in [0.1, 0.15) is 61.8 Å². The molecule has 4 aromatic rings. The predicted molar refractivity (Wildman–Crippen MR) is 144 cm³/mol. The van der Waals surface area contributed by atoms with Gasteiger partial charge in [-0.05, 0) is 30.5 Å². The van der Waals surface area contributed by atoms with Crippen LogP contribution < -0.4 is 10.6 Å². The van der Waals surface area contributed by atoms with Crippen LogP contribution in [0.4, 0.5) is 24.5 Å². The van der Waals surface area contributed by atoms with E-state index in [1.165, 1.54) is 24.5 Å². The van der Waals surface area contributed by atoms with Gasteiger partial charge in [0.2, 0.25) is 5.95 Å². The number of nitrogens with one attached hydrogen (secondary N) is 2. The summed E-state index contributed by atoms with van der Waals surface area (Å²) >= 11 is 0. The lowest BCUT2D eigenvalue weighted by atomic mass is 9.96. The summed E-state index contributed by atoms with van der Waals surface area (Å²) in [5, 5.41) is 34.8. The number of rotatable bonds is 8. The fraction of sp³-hybridized carbons (Fsp3) is 0.357. The molecular weight excluding hydrogens is 519 g/mol. The highest BCUT2D eigenvalue weighted by molar-refractivity contribution is 5.99. The molecule has 0 spiro atoms. The van der Waals surface area contributed by atoms with E-state index in [1.54, 1.807) is 19.1 Å². The number of nitrogens with zero attached hydrogens (tertiary/aromatic N) is 7. The Kier molecular flexibility index (Phi) is 7.65. The second kappa shape index (κ2) is 10.8. The van der Waals surface area contributed by atoms with Crippen molar-refractivity contribution in [2.24, 2.45) is 5.41 Å². The zero-order valence-corrected chi connectivity index (χ0v) is 22.7. The maximum atomic E-state index is 13.9. The Labute approximate surface area is 229 Å². The number of aromatic nitrogens is 5. The van der Waals surface area contributed by atoms with Crippen LogP contribution in [0.5, 0.6) is 0 Å². The first-order valence-electron chi connectivity index (χ1n) is 12.5. The van der Waals surface area contributed by atoms with E-state index in [4.69, 9.17) is 0 Å². The highest BCUT2D eigenvalue weighted by atomic mass is 19.3. The molecule has 2 N–H and O–H groups in total. The Morgan fingerprint density at radius 1 is 1.07 bits per heavy atom. The van der Waals surface area contributed by atoms with Crippen molar-refractivity contribution in [2.45, 2.75) is 53.1 Å². The van der Waals surface area contributed by atoms with Crippen LogP contribution >= 0.6 is 0 Å². The molecule has 12 heteroatoms. The molecule has 0 fully saturated rings. The summed E-state index contributed by atoms with van der Waals surface area (Å²) in [6, 6.07) is 9.60. The number of alkyl halides is 2. The monoisotopic (exact) mass is 547 g/mol. The van der Waals surface area contributed by atoms with Crippen molar-refractivity contribution in [1.82, 2.24) is 25.0 Å². The van der Waals surface area contributed by atoms with Crippen LogP contribution in [0.3, 0.4) is 0 Å². The Morgan fingerprint density at radius 3 is 2.42 bits per heavy atom.